The first kappa shape index (κ1) is 15.6. The fourth-order valence-corrected chi connectivity index (χ4v) is 2.73. The smallest absolute Gasteiger partial charge is 0.0929 e. The zero-order valence-electron chi connectivity index (χ0n) is 11.3. The Morgan fingerprint density at radius 1 is 1.20 bits per heavy atom. The summed E-state index contributed by atoms with van der Waals surface area (Å²) in [4.78, 5) is 4.50. The number of rotatable bonds is 5. The van der Waals surface area contributed by atoms with Gasteiger partial charge in [0.2, 0.25) is 0 Å². The number of nitrogens with zero attached hydrogens (tertiary/aromatic N) is 1. The molecule has 0 aliphatic carbocycles. The van der Waals surface area contributed by atoms with E-state index >= 15 is 0 Å². The van der Waals surface area contributed by atoms with E-state index in [2.05, 4.69) is 17.2 Å². The molecule has 0 fully saturated rings. The van der Waals surface area contributed by atoms with Gasteiger partial charge in [-0.1, -0.05) is 41.7 Å². The number of ether oxygens (including phenoxy) is 1. The van der Waals surface area contributed by atoms with Crippen molar-refractivity contribution in [3.63, 3.8) is 0 Å². The van der Waals surface area contributed by atoms with Gasteiger partial charge >= 0.3 is 0 Å². The maximum atomic E-state index is 6.31. The molecule has 0 unspecified atom stereocenters. The summed E-state index contributed by atoms with van der Waals surface area (Å²) in [5.41, 5.74) is 2.30. The molecule has 1 aromatic heterocycles. The van der Waals surface area contributed by atoms with Crippen LogP contribution in [0.5, 0.6) is 0 Å². The molecule has 1 heterocycles. The third kappa shape index (κ3) is 3.12. The zero-order chi connectivity index (χ0) is 14.7. The normalized spacial score (nSPS) is 11.1. The maximum Gasteiger partial charge on any atom is 0.0929 e. The van der Waals surface area contributed by atoms with E-state index in [1.807, 2.05) is 6.07 Å². The van der Waals surface area contributed by atoms with Gasteiger partial charge in [0, 0.05) is 24.7 Å². The van der Waals surface area contributed by atoms with Crippen molar-refractivity contribution in [3.8, 4) is 0 Å². The highest BCUT2D eigenvalue weighted by Gasteiger charge is 2.15. The Morgan fingerprint density at radius 2 is 1.95 bits per heavy atom. The molecule has 1 N–H and O–H groups in total. The predicted octanol–water partition coefficient (Wildman–Crippen LogP) is 5.16. The van der Waals surface area contributed by atoms with Gasteiger partial charge < -0.3 is 10.1 Å². The summed E-state index contributed by atoms with van der Waals surface area (Å²) < 4.78 is 5.14. The lowest BCUT2D eigenvalue weighted by Gasteiger charge is -2.14. The molecule has 0 amide bonds. The van der Waals surface area contributed by atoms with Gasteiger partial charge in [-0.15, -0.1) is 0 Å². The van der Waals surface area contributed by atoms with Crippen LogP contribution in [0.2, 0.25) is 15.1 Å². The lowest BCUT2D eigenvalue weighted by Crippen LogP contribution is -2.04. The summed E-state index contributed by atoms with van der Waals surface area (Å²) in [6.45, 7) is 3.33. The molecule has 108 valence electrons. The fraction of sp³-hybridized carbons (Fsp3) is 0.357. The monoisotopic (exact) mass is 332 g/mol. The standard InChI is InChI=1S/C14H15Cl3N2O/c1-3-4-18-11-5-8(7-20-2)19-14-10(16)6-9(15)13(17)12(11)14/h5-6H,3-4,7H2,1-2H3,(H,18,19). The van der Waals surface area contributed by atoms with Crippen LogP contribution in [0.15, 0.2) is 12.1 Å². The van der Waals surface area contributed by atoms with Crippen LogP contribution in [-0.4, -0.2) is 18.6 Å². The van der Waals surface area contributed by atoms with E-state index in [0.29, 0.717) is 27.2 Å². The molecule has 0 saturated heterocycles. The number of benzene rings is 1. The average Bonchev–Trinajstić information content (AvgIpc) is 2.42. The van der Waals surface area contributed by atoms with Gasteiger partial charge in [-0.3, -0.25) is 0 Å². The van der Waals surface area contributed by atoms with Crippen LogP contribution >= 0.6 is 34.8 Å². The van der Waals surface area contributed by atoms with E-state index in [4.69, 9.17) is 39.5 Å². The first-order chi connectivity index (χ1) is 9.58. The molecule has 0 saturated carbocycles. The highest BCUT2D eigenvalue weighted by atomic mass is 35.5. The summed E-state index contributed by atoms with van der Waals surface area (Å²) in [6, 6.07) is 3.53. The SMILES string of the molecule is CCCNc1cc(COC)nc2c(Cl)cc(Cl)c(Cl)c12. The minimum absolute atomic E-state index is 0.410. The zero-order valence-corrected chi connectivity index (χ0v) is 13.5. The molecule has 1 aromatic carbocycles. The van der Waals surface area contributed by atoms with Crippen LogP contribution in [0.25, 0.3) is 10.9 Å². The molecular weight excluding hydrogens is 319 g/mol. The largest absolute Gasteiger partial charge is 0.384 e. The van der Waals surface area contributed by atoms with E-state index < -0.39 is 0 Å². The van der Waals surface area contributed by atoms with Crippen molar-refractivity contribution in [1.82, 2.24) is 4.98 Å². The number of halogens is 3. The number of nitrogens with one attached hydrogen (secondary N) is 1. The van der Waals surface area contributed by atoms with Gasteiger partial charge in [0.25, 0.3) is 0 Å². The number of aromatic nitrogens is 1. The van der Waals surface area contributed by atoms with Gasteiger partial charge in [-0.2, -0.15) is 0 Å². The van der Waals surface area contributed by atoms with Gasteiger partial charge in [0.05, 0.1) is 32.9 Å². The Hall–Kier alpha value is -0.740. The molecule has 3 nitrogen and oxygen atoms in total. The van der Waals surface area contributed by atoms with E-state index in [1.54, 1.807) is 13.2 Å². The van der Waals surface area contributed by atoms with Crippen molar-refractivity contribution in [3.05, 3.63) is 32.9 Å². The Morgan fingerprint density at radius 3 is 2.60 bits per heavy atom. The summed E-state index contributed by atoms with van der Waals surface area (Å²) in [5.74, 6) is 0. The van der Waals surface area contributed by atoms with E-state index in [1.165, 1.54) is 0 Å². The molecule has 2 aromatic rings. The van der Waals surface area contributed by atoms with Crippen molar-refractivity contribution in [2.24, 2.45) is 0 Å². The fourth-order valence-electron chi connectivity index (χ4n) is 1.98. The molecule has 6 heteroatoms. The average molecular weight is 334 g/mol. The minimum Gasteiger partial charge on any atom is -0.384 e. The van der Waals surface area contributed by atoms with Crippen LogP contribution in [0.1, 0.15) is 19.0 Å². The highest BCUT2D eigenvalue weighted by molar-refractivity contribution is 6.48. The van der Waals surface area contributed by atoms with Gasteiger partial charge in [0.15, 0.2) is 0 Å². The van der Waals surface area contributed by atoms with Crippen molar-refractivity contribution >= 4 is 51.4 Å². The number of hydrogen-bond acceptors (Lipinski definition) is 3. The van der Waals surface area contributed by atoms with E-state index in [0.717, 1.165) is 29.7 Å². The first-order valence-electron chi connectivity index (χ1n) is 6.28. The molecule has 0 spiro atoms. The van der Waals surface area contributed by atoms with Crippen molar-refractivity contribution in [1.29, 1.82) is 0 Å². The number of anilines is 1. The number of fused-ring (bicyclic) bond motifs is 1. The number of pyridine rings is 1. The van der Waals surface area contributed by atoms with E-state index in [-0.39, 0.29) is 0 Å². The highest BCUT2D eigenvalue weighted by Crippen LogP contribution is 2.39. The van der Waals surface area contributed by atoms with Crippen LogP contribution in [0, 0.1) is 0 Å². The molecule has 2 rings (SSSR count). The first-order valence-corrected chi connectivity index (χ1v) is 7.41. The molecule has 0 atom stereocenters. The predicted molar refractivity (Wildman–Crippen MR) is 86.3 cm³/mol. The second-order valence-corrected chi connectivity index (χ2v) is 5.59. The molecule has 20 heavy (non-hydrogen) atoms. The maximum absolute atomic E-state index is 6.31. The topological polar surface area (TPSA) is 34.1 Å². The summed E-state index contributed by atoms with van der Waals surface area (Å²) in [6.07, 6.45) is 0.995. The minimum atomic E-state index is 0.410. The second-order valence-electron chi connectivity index (χ2n) is 4.40. The van der Waals surface area contributed by atoms with Crippen LogP contribution in [-0.2, 0) is 11.3 Å². The second kappa shape index (κ2) is 6.81. The summed E-state index contributed by atoms with van der Waals surface area (Å²) >= 11 is 18.7. The van der Waals surface area contributed by atoms with Crippen LogP contribution < -0.4 is 5.32 Å². The Kier molecular flexibility index (Phi) is 5.33. The van der Waals surface area contributed by atoms with Crippen LogP contribution in [0.3, 0.4) is 0 Å². The third-order valence-corrected chi connectivity index (χ3v) is 3.91. The van der Waals surface area contributed by atoms with Gasteiger partial charge in [-0.05, 0) is 18.6 Å². The van der Waals surface area contributed by atoms with Gasteiger partial charge in [-0.25, -0.2) is 4.98 Å². The Bertz CT molecular complexity index is 632. The number of hydrogen-bond donors (Lipinski definition) is 1. The summed E-state index contributed by atoms with van der Waals surface area (Å²) in [7, 11) is 1.63. The Balaban J connectivity index is 2.70. The quantitative estimate of drug-likeness (QED) is 0.767. The van der Waals surface area contributed by atoms with Crippen molar-refractivity contribution in [2.45, 2.75) is 20.0 Å². The molecule has 0 bridgehead atoms. The van der Waals surface area contributed by atoms with Crippen molar-refractivity contribution in [2.75, 3.05) is 19.0 Å². The summed E-state index contributed by atoms with van der Waals surface area (Å²) in [5, 5.41) is 5.44. The molecule has 0 aliphatic rings. The molecule has 0 aliphatic heterocycles. The van der Waals surface area contributed by atoms with Crippen LogP contribution in [0.4, 0.5) is 5.69 Å². The van der Waals surface area contributed by atoms with Gasteiger partial charge in [0.1, 0.15) is 0 Å². The molecule has 0 radical (unpaired) electrons. The lowest BCUT2D eigenvalue weighted by atomic mass is 10.1. The Labute approximate surface area is 133 Å². The lowest BCUT2D eigenvalue weighted by molar-refractivity contribution is 0.182. The molecular formula is C14H15Cl3N2O. The third-order valence-electron chi connectivity index (χ3n) is 2.84. The van der Waals surface area contributed by atoms with Crippen molar-refractivity contribution < 1.29 is 4.74 Å². The number of methoxy groups -OCH3 is 1. The van der Waals surface area contributed by atoms with E-state index in [9.17, 15) is 0 Å².